The molecular weight excluding hydrogens is 234 g/mol. The van der Waals surface area contributed by atoms with Gasteiger partial charge in [0, 0.05) is 19.1 Å². The van der Waals surface area contributed by atoms with Crippen molar-refractivity contribution in [1.29, 1.82) is 0 Å². The maximum Gasteiger partial charge on any atom is 0.119 e. The lowest BCUT2D eigenvalue weighted by Crippen LogP contribution is -2.25. The van der Waals surface area contributed by atoms with E-state index in [1.54, 1.807) is 7.11 Å². The molecule has 4 heteroatoms. The molecule has 1 aromatic carbocycles. The molecule has 0 bridgehead atoms. The van der Waals surface area contributed by atoms with Gasteiger partial charge in [0.1, 0.15) is 10.7 Å². The molecule has 0 atom stereocenters. The summed E-state index contributed by atoms with van der Waals surface area (Å²) in [5, 5.41) is 0. The van der Waals surface area contributed by atoms with Crippen molar-refractivity contribution in [1.82, 2.24) is 0 Å². The van der Waals surface area contributed by atoms with Crippen molar-refractivity contribution in [3.8, 4) is 5.75 Å². The average Bonchev–Trinajstić information content (AvgIpc) is 2.29. The lowest BCUT2D eigenvalue weighted by atomic mass is 10.1. The second-order valence-corrected chi connectivity index (χ2v) is 4.89. The Balaban J connectivity index is 2.52. The molecule has 0 heterocycles. The van der Waals surface area contributed by atoms with E-state index < -0.39 is 0 Å². The van der Waals surface area contributed by atoms with Gasteiger partial charge in [0.15, 0.2) is 0 Å². The third-order valence-corrected chi connectivity index (χ3v) is 2.88. The summed E-state index contributed by atoms with van der Waals surface area (Å²) in [5.74, 6) is 0.780. The second-order valence-electron chi connectivity index (χ2n) is 4.45. The number of nitrogens with two attached hydrogens (primary N) is 1. The van der Waals surface area contributed by atoms with E-state index in [9.17, 15) is 0 Å². The van der Waals surface area contributed by atoms with Crippen LogP contribution in [0.5, 0.6) is 5.75 Å². The lowest BCUT2D eigenvalue weighted by Gasteiger charge is -2.22. The molecule has 0 fully saturated rings. The average molecular weight is 253 g/mol. The van der Waals surface area contributed by atoms with Gasteiger partial charge in [0.05, 0.1) is 12.2 Å². The predicted molar refractivity (Wildman–Crippen MR) is 73.5 cm³/mol. The van der Waals surface area contributed by atoms with E-state index in [0.717, 1.165) is 17.7 Å². The van der Waals surface area contributed by atoms with Gasteiger partial charge in [-0.2, -0.15) is 0 Å². The molecule has 2 N–H and O–H groups in total. The van der Waals surface area contributed by atoms with Crippen LogP contribution in [0.3, 0.4) is 0 Å². The van der Waals surface area contributed by atoms with E-state index in [4.69, 9.17) is 27.4 Å². The molecule has 0 radical (unpaired) electrons. The largest absolute Gasteiger partial charge is 0.493 e. The fraction of sp³-hybridized carbons (Fsp3) is 0.462. The highest BCUT2D eigenvalue weighted by Crippen LogP contribution is 2.17. The van der Waals surface area contributed by atoms with Crippen LogP contribution in [0, 0.1) is 0 Å². The molecule has 0 saturated heterocycles. The molecule has 94 valence electrons. The van der Waals surface area contributed by atoms with Gasteiger partial charge in [-0.15, -0.1) is 0 Å². The Morgan fingerprint density at radius 1 is 1.41 bits per heavy atom. The molecule has 0 aromatic heterocycles. The van der Waals surface area contributed by atoms with Crippen LogP contribution in [0.4, 0.5) is 0 Å². The zero-order chi connectivity index (χ0) is 12.9. The molecule has 0 aliphatic carbocycles. The van der Waals surface area contributed by atoms with Gasteiger partial charge in [-0.25, -0.2) is 0 Å². The maximum absolute atomic E-state index is 5.64. The molecule has 0 amide bonds. The SMILES string of the molecule is COC(C)(C)CCOc1cccc(C(N)=S)c1. The molecular formula is C13H19NO2S. The Bertz CT molecular complexity index is 391. The monoisotopic (exact) mass is 253 g/mol. The Morgan fingerprint density at radius 2 is 2.12 bits per heavy atom. The van der Waals surface area contributed by atoms with Crippen LogP contribution in [0.25, 0.3) is 0 Å². The molecule has 1 rings (SSSR count). The van der Waals surface area contributed by atoms with Gasteiger partial charge in [-0.05, 0) is 26.0 Å². The van der Waals surface area contributed by atoms with E-state index in [1.807, 2.05) is 38.1 Å². The Morgan fingerprint density at radius 3 is 2.71 bits per heavy atom. The third-order valence-electron chi connectivity index (χ3n) is 2.64. The van der Waals surface area contributed by atoms with Crippen LogP contribution < -0.4 is 10.5 Å². The molecule has 0 unspecified atom stereocenters. The van der Waals surface area contributed by atoms with Crippen molar-refractivity contribution in [3.63, 3.8) is 0 Å². The number of hydrogen-bond acceptors (Lipinski definition) is 3. The summed E-state index contributed by atoms with van der Waals surface area (Å²) in [5.41, 5.74) is 6.21. The number of thiocarbonyl (C=S) groups is 1. The van der Waals surface area contributed by atoms with Crippen LogP contribution in [-0.2, 0) is 4.74 Å². The Hall–Kier alpha value is -1.13. The molecule has 0 spiro atoms. The lowest BCUT2D eigenvalue weighted by molar-refractivity contribution is 0.00546. The van der Waals surface area contributed by atoms with Crippen LogP contribution >= 0.6 is 12.2 Å². The highest BCUT2D eigenvalue weighted by atomic mass is 32.1. The number of rotatable bonds is 6. The Labute approximate surface area is 108 Å². The van der Waals surface area contributed by atoms with Crippen LogP contribution in [0.15, 0.2) is 24.3 Å². The smallest absolute Gasteiger partial charge is 0.119 e. The first-order valence-corrected chi connectivity index (χ1v) is 5.93. The first-order chi connectivity index (χ1) is 7.94. The minimum Gasteiger partial charge on any atom is -0.493 e. The first-order valence-electron chi connectivity index (χ1n) is 5.52. The number of benzene rings is 1. The van der Waals surface area contributed by atoms with Gasteiger partial charge in [-0.1, -0.05) is 24.4 Å². The number of methoxy groups -OCH3 is 1. The summed E-state index contributed by atoms with van der Waals surface area (Å²) in [6, 6.07) is 7.49. The van der Waals surface area contributed by atoms with Crippen molar-refractivity contribution in [2.75, 3.05) is 13.7 Å². The molecule has 0 aliphatic heterocycles. The van der Waals surface area contributed by atoms with E-state index in [0.29, 0.717) is 11.6 Å². The van der Waals surface area contributed by atoms with Crippen LogP contribution in [-0.4, -0.2) is 24.3 Å². The van der Waals surface area contributed by atoms with Crippen LogP contribution in [0.2, 0.25) is 0 Å². The minimum atomic E-state index is -0.166. The summed E-state index contributed by atoms with van der Waals surface area (Å²) in [7, 11) is 1.70. The molecule has 17 heavy (non-hydrogen) atoms. The molecule has 0 saturated carbocycles. The molecule has 0 aliphatic rings. The first kappa shape index (κ1) is 13.9. The number of hydrogen-bond donors (Lipinski definition) is 1. The quantitative estimate of drug-likeness (QED) is 0.791. The molecule has 1 aromatic rings. The fourth-order valence-electron chi connectivity index (χ4n) is 1.26. The highest BCUT2D eigenvalue weighted by molar-refractivity contribution is 7.80. The van der Waals surface area contributed by atoms with Crippen LogP contribution in [0.1, 0.15) is 25.8 Å². The Kier molecular flexibility index (Phi) is 4.90. The summed E-state index contributed by atoms with van der Waals surface area (Å²) in [4.78, 5) is 0.382. The maximum atomic E-state index is 5.64. The standard InChI is InChI=1S/C13H19NO2S/c1-13(2,15-3)7-8-16-11-6-4-5-10(9-11)12(14)17/h4-6,9H,7-8H2,1-3H3,(H2,14,17). The minimum absolute atomic E-state index is 0.166. The normalized spacial score (nSPS) is 11.2. The zero-order valence-electron chi connectivity index (χ0n) is 10.5. The van der Waals surface area contributed by atoms with E-state index >= 15 is 0 Å². The predicted octanol–water partition coefficient (Wildman–Crippen LogP) is 2.51. The topological polar surface area (TPSA) is 44.5 Å². The van der Waals surface area contributed by atoms with E-state index in [-0.39, 0.29) is 5.60 Å². The van der Waals surface area contributed by atoms with Crippen molar-refractivity contribution in [3.05, 3.63) is 29.8 Å². The fourth-order valence-corrected chi connectivity index (χ4v) is 1.38. The van der Waals surface area contributed by atoms with Crippen molar-refractivity contribution in [2.45, 2.75) is 25.9 Å². The summed E-state index contributed by atoms with van der Waals surface area (Å²) in [6.07, 6.45) is 0.820. The van der Waals surface area contributed by atoms with Crippen molar-refractivity contribution in [2.24, 2.45) is 5.73 Å². The number of ether oxygens (including phenoxy) is 2. The molecule has 3 nitrogen and oxygen atoms in total. The second kappa shape index (κ2) is 5.98. The highest BCUT2D eigenvalue weighted by Gasteiger charge is 2.15. The van der Waals surface area contributed by atoms with Gasteiger partial charge in [0.2, 0.25) is 0 Å². The van der Waals surface area contributed by atoms with Gasteiger partial charge < -0.3 is 15.2 Å². The van der Waals surface area contributed by atoms with Crippen molar-refractivity contribution >= 4 is 17.2 Å². The third kappa shape index (κ3) is 4.71. The zero-order valence-corrected chi connectivity index (χ0v) is 11.3. The summed E-state index contributed by atoms with van der Waals surface area (Å²) in [6.45, 7) is 4.66. The van der Waals surface area contributed by atoms with Gasteiger partial charge in [-0.3, -0.25) is 0 Å². The summed E-state index contributed by atoms with van der Waals surface area (Å²) < 4.78 is 11.0. The summed E-state index contributed by atoms with van der Waals surface area (Å²) >= 11 is 4.91. The van der Waals surface area contributed by atoms with Gasteiger partial charge in [0.25, 0.3) is 0 Å². The van der Waals surface area contributed by atoms with E-state index in [2.05, 4.69) is 0 Å². The van der Waals surface area contributed by atoms with Crippen molar-refractivity contribution < 1.29 is 9.47 Å². The van der Waals surface area contributed by atoms with Gasteiger partial charge >= 0.3 is 0 Å². The van der Waals surface area contributed by atoms with E-state index in [1.165, 1.54) is 0 Å².